The Morgan fingerprint density at radius 2 is 2.07 bits per heavy atom. The second kappa shape index (κ2) is 7.41. The van der Waals surface area contributed by atoms with Crippen LogP contribution in [-0.2, 0) is 18.3 Å². The molecule has 0 unspecified atom stereocenters. The smallest absolute Gasteiger partial charge is 0.257 e. The number of benzene rings is 1. The maximum Gasteiger partial charge on any atom is 0.257 e. The van der Waals surface area contributed by atoms with Crippen LogP contribution in [0.25, 0.3) is 0 Å². The number of aryl methyl sites for hydroxylation is 1. The van der Waals surface area contributed by atoms with Crippen molar-refractivity contribution in [1.82, 2.24) is 20.0 Å². The minimum absolute atomic E-state index is 0.00170. The Kier molecular flexibility index (Phi) is 4.96. The fourth-order valence-corrected chi connectivity index (χ4v) is 4.93. The van der Waals surface area contributed by atoms with E-state index in [0.717, 1.165) is 32.1 Å². The Balaban J connectivity index is 1.69. The quantitative estimate of drug-likeness (QED) is 0.890. The van der Waals surface area contributed by atoms with Gasteiger partial charge in [-0.2, -0.15) is 5.10 Å². The van der Waals surface area contributed by atoms with E-state index in [4.69, 9.17) is 0 Å². The van der Waals surface area contributed by atoms with Crippen LogP contribution in [0.1, 0.15) is 54.9 Å². The standard InChI is InChI=1S/C22H28N4O2/c1-22-13-18(12-16-8-4-3-5-9-16)26(21(28)17-14-23-25(2)15-17)19(22)10-6-7-11-20(27)24-22/h3-5,8-9,14-15,18-19H,6-7,10-13H2,1-2H3,(H,24,27)/t18-,19+,22+/m1/s1. The fourth-order valence-electron chi connectivity index (χ4n) is 4.93. The molecule has 0 bridgehead atoms. The first-order valence-corrected chi connectivity index (χ1v) is 10.1. The molecule has 4 rings (SSSR count). The number of likely N-dealkylation sites (tertiary alicyclic amines) is 1. The first kappa shape index (κ1) is 18.7. The van der Waals surface area contributed by atoms with Crippen LogP contribution in [0.3, 0.4) is 0 Å². The third kappa shape index (κ3) is 3.55. The predicted molar refractivity (Wildman–Crippen MR) is 107 cm³/mol. The second-order valence-corrected chi connectivity index (χ2v) is 8.39. The van der Waals surface area contributed by atoms with Crippen LogP contribution < -0.4 is 5.32 Å². The highest BCUT2D eigenvalue weighted by atomic mass is 16.2. The van der Waals surface area contributed by atoms with Gasteiger partial charge < -0.3 is 10.2 Å². The summed E-state index contributed by atoms with van der Waals surface area (Å²) in [5, 5.41) is 7.45. The van der Waals surface area contributed by atoms with Crippen LogP contribution in [0.15, 0.2) is 42.7 Å². The molecule has 2 aliphatic rings. The maximum absolute atomic E-state index is 13.5. The van der Waals surface area contributed by atoms with Crippen molar-refractivity contribution in [2.45, 2.75) is 63.1 Å². The fraction of sp³-hybridized carbons (Fsp3) is 0.500. The molecule has 3 atom stereocenters. The molecule has 2 aromatic rings. The Morgan fingerprint density at radius 3 is 2.79 bits per heavy atom. The number of amides is 2. The summed E-state index contributed by atoms with van der Waals surface area (Å²) < 4.78 is 1.66. The number of fused-ring (bicyclic) bond motifs is 1. The Bertz CT molecular complexity index is 862. The topological polar surface area (TPSA) is 67.2 Å². The summed E-state index contributed by atoms with van der Waals surface area (Å²) in [6.45, 7) is 2.11. The van der Waals surface area contributed by atoms with E-state index in [0.29, 0.717) is 12.0 Å². The van der Waals surface area contributed by atoms with Crippen molar-refractivity contribution in [2.75, 3.05) is 0 Å². The highest BCUT2D eigenvalue weighted by molar-refractivity contribution is 5.94. The van der Waals surface area contributed by atoms with Crippen LogP contribution >= 0.6 is 0 Å². The van der Waals surface area contributed by atoms with Gasteiger partial charge in [-0.15, -0.1) is 0 Å². The molecule has 28 heavy (non-hydrogen) atoms. The number of carbonyl (C=O) groups is 2. The molecule has 2 aliphatic heterocycles. The van der Waals surface area contributed by atoms with Crippen molar-refractivity contribution in [3.05, 3.63) is 53.9 Å². The van der Waals surface area contributed by atoms with Crippen molar-refractivity contribution in [2.24, 2.45) is 7.05 Å². The Labute approximate surface area is 165 Å². The zero-order valence-corrected chi connectivity index (χ0v) is 16.6. The van der Waals surface area contributed by atoms with Gasteiger partial charge in [0.2, 0.25) is 5.91 Å². The van der Waals surface area contributed by atoms with Gasteiger partial charge >= 0.3 is 0 Å². The summed E-state index contributed by atoms with van der Waals surface area (Å²) in [5.74, 6) is 0.110. The van der Waals surface area contributed by atoms with Crippen LogP contribution in [-0.4, -0.2) is 44.1 Å². The van der Waals surface area contributed by atoms with Gasteiger partial charge in [0.05, 0.1) is 23.3 Å². The Morgan fingerprint density at radius 1 is 1.29 bits per heavy atom. The molecule has 2 amide bonds. The van der Waals surface area contributed by atoms with Gasteiger partial charge in [-0.1, -0.05) is 36.8 Å². The summed E-state index contributed by atoms with van der Waals surface area (Å²) in [7, 11) is 1.82. The molecule has 6 nitrogen and oxygen atoms in total. The van der Waals surface area contributed by atoms with Gasteiger partial charge in [-0.25, -0.2) is 0 Å². The number of hydrogen-bond acceptors (Lipinski definition) is 3. The molecule has 3 heterocycles. The number of carbonyl (C=O) groups excluding carboxylic acids is 2. The number of hydrogen-bond donors (Lipinski definition) is 1. The highest BCUT2D eigenvalue weighted by Gasteiger charge is 2.52. The average Bonchev–Trinajstić information content (AvgIpc) is 3.19. The maximum atomic E-state index is 13.5. The minimum atomic E-state index is -0.394. The average molecular weight is 380 g/mol. The Hall–Kier alpha value is -2.63. The lowest BCUT2D eigenvalue weighted by molar-refractivity contribution is -0.123. The number of aromatic nitrogens is 2. The molecule has 0 spiro atoms. The van der Waals surface area contributed by atoms with Gasteiger partial charge in [-0.3, -0.25) is 14.3 Å². The largest absolute Gasteiger partial charge is 0.349 e. The monoisotopic (exact) mass is 380 g/mol. The predicted octanol–water partition coefficient (Wildman–Crippen LogP) is 2.69. The van der Waals surface area contributed by atoms with Gasteiger partial charge in [0, 0.05) is 25.7 Å². The summed E-state index contributed by atoms with van der Waals surface area (Å²) >= 11 is 0. The van der Waals surface area contributed by atoms with Crippen LogP contribution in [0.5, 0.6) is 0 Å². The molecule has 1 aromatic carbocycles. The first-order chi connectivity index (χ1) is 13.5. The molecule has 6 heteroatoms. The SMILES string of the molecule is Cn1cc(C(=O)N2[C@H](Cc3ccccc3)C[C@]3(C)NC(=O)CCCC[C@H]23)cn1. The lowest BCUT2D eigenvalue weighted by atomic mass is 9.85. The van der Waals surface area contributed by atoms with Crippen LogP contribution in [0.4, 0.5) is 0 Å². The van der Waals surface area contributed by atoms with E-state index in [9.17, 15) is 9.59 Å². The van der Waals surface area contributed by atoms with Crippen molar-refractivity contribution in [3.63, 3.8) is 0 Å². The number of nitrogens with one attached hydrogen (secondary N) is 1. The first-order valence-electron chi connectivity index (χ1n) is 10.1. The van der Waals surface area contributed by atoms with Crippen molar-refractivity contribution >= 4 is 11.8 Å². The van der Waals surface area contributed by atoms with Gasteiger partial charge in [-0.05, 0) is 38.2 Å². The molecule has 2 fully saturated rings. The van der Waals surface area contributed by atoms with E-state index in [2.05, 4.69) is 29.5 Å². The highest BCUT2D eigenvalue weighted by Crippen LogP contribution is 2.39. The van der Waals surface area contributed by atoms with Gasteiger partial charge in [0.15, 0.2) is 0 Å². The van der Waals surface area contributed by atoms with Crippen LogP contribution in [0.2, 0.25) is 0 Å². The van der Waals surface area contributed by atoms with E-state index in [1.54, 1.807) is 17.1 Å². The summed E-state index contributed by atoms with van der Waals surface area (Å²) in [5.41, 5.74) is 1.42. The molecule has 0 saturated carbocycles. The van der Waals surface area contributed by atoms with E-state index in [1.807, 2.05) is 30.1 Å². The van der Waals surface area contributed by atoms with Gasteiger partial charge in [0.25, 0.3) is 5.91 Å². The zero-order valence-electron chi connectivity index (χ0n) is 16.6. The second-order valence-electron chi connectivity index (χ2n) is 8.39. The normalized spacial score (nSPS) is 27.6. The molecule has 0 aliphatic carbocycles. The van der Waals surface area contributed by atoms with Crippen molar-refractivity contribution < 1.29 is 9.59 Å². The zero-order chi connectivity index (χ0) is 19.7. The van der Waals surface area contributed by atoms with E-state index >= 15 is 0 Å². The summed E-state index contributed by atoms with van der Waals surface area (Å²) in [6.07, 6.45) is 8.28. The molecule has 2 saturated heterocycles. The van der Waals surface area contributed by atoms with Crippen molar-refractivity contribution in [1.29, 1.82) is 0 Å². The third-order valence-electron chi connectivity index (χ3n) is 6.18. The summed E-state index contributed by atoms with van der Waals surface area (Å²) in [6, 6.07) is 10.3. The lowest BCUT2D eigenvalue weighted by Crippen LogP contribution is -2.56. The summed E-state index contributed by atoms with van der Waals surface area (Å²) in [4.78, 5) is 27.9. The van der Waals surface area contributed by atoms with E-state index in [-0.39, 0.29) is 23.9 Å². The van der Waals surface area contributed by atoms with Crippen molar-refractivity contribution in [3.8, 4) is 0 Å². The third-order valence-corrected chi connectivity index (χ3v) is 6.18. The molecule has 1 aromatic heterocycles. The molecule has 0 radical (unpaired) electrons. The molecular formula is C22H28N4O2. The van der Waals surface area contributed by atoms with Crippen LogP contribution in [0, 0.1) is 0 Å². The molecule has 148 valence electrons. The van der Waals surface area contributed by atoms with E-state index in [1.165, 1.54) is 5.56 Å². The molecular weight excluding hydrogens is 352 g/mol. The lowest BCUT2D eigenvalue weighted by Gasteiger charge is -2.38. The number of rotatable bonds is 3. The minimum Gasteiger partial charge on any atom is -0.349 e. The number of nitrogens with zero attached hydrogens (tertiary/aromatic N) is 3. The van der Waals surface area contributed by atoms with Gasteiger partial charge in [0.1, 0.15) is 0 Å². The molecule has 1 N–H and O–H groups in total. The van der Waals surface area contributed by atoms with E-state index < -0.39 is 5.54 Å².